The van der Waals surface area contributed by atoms with Crippen LogP contribution >= 0.6 is 12.4 Å². The molecule has 0 aliphatic carbocycles. The summed E-state index contributed by atoms with van der Waals surface area (Å²) in [7, 11) is 0. The van der Waals surface area contributed by atoms with E-state index in [0.717, 1.165) is 0 Å². The first-order chi connectivity index (χ1) is 3.29. The maximum atomic E-state index is 10.2. The molecule has 0 saturated carbocycles. The van der Waals surface area contributed by atoms with Gasteiger partial charge in [-0.3, -0.25) is 4.79 Å². The lowest BCUT2D eigenvalue weighted by Crippen LogP contribution is -2.18. The van der Waals surface area contributed by atoms with Crippen LogP contribution in [0.15, 0.2) is 0 Å². The van der Waals surface area contributed by atoms with E-state index in [0.29, 0.717) is 13.0 Å². The van der Waals surface area contributed by atoms with Gasteiger partial charge in [0.1, 0.15) is 6.61 Å². The van der Waals surface area contributed by atoms with Gasteiger partial charge in [0.25, 0.3) is 0 Å². The fourth-order valence-corrected chi connectivity index (χ4v) is 0.532. The quantitative estimate of drug-likeness (QED) is 0.466. The van der Waals surface area contributed by atoms with E-state index in [1.165, 1.54) is 0 Å². The first kappa shape index (κ1) is 7.72. The molecule has 2 N–H and O–H groups in total. The van der Waals surface area contributed by atoms with E-state index in [-0.39, 0.29) is 24.4 Å². The van der Waals surface area contributed by atoms with E-state index < -0.39 is 0 Å². The van der Waals surface area contributed by atoms with Crippen molar-refractivity contribution in [2.24, 2.45) is 5.73 Å². The lowest BCUT2D eigenvalue weighted by atomic mass is 10.3. The van der Waals surface area contributed by atoms with E-state index in [4.69, 9.17) is 5.73 Å². The molecule has 0 amide bonds. The van der Waals surface area contributed by atoms with Crippen molar-refractivity contribution in [1.82, 2.24) is 0 Å². The molecule has 1 saturated heterocycles. The number of hydrogen-bond acceptors (Lipinski definition) is 3. The third kappa shape index (κ3) is 1.68. The van der Waals surface area contributed by atoms with E-state index in [1.807, 2.05) is 0 Å². The zero-order chi connectivity index (χ0) is 5.28. The molecule has 0 aromatic rings. The summed E-state index contributed by atoms with van der Waals surface area (Å²) in [5.41, 5.74) is 5.28. The fraction of sp³-hybridized carbons (Fsp3) is 0.750. The monoisotopic (exact) mass is 137 g/mol. The van der Waals surface area contributed by atoms with Crippen LogP contribution in [0.3, 0.4) is 0 Å². The van der Waals surface area contributed by atoms with Gasteiger partial charge in [-0.2, -0.15) is 0 Å². The normalized spacial score (nSPS) is 26.6. The predicted octanol–water partition coefficient (Wildman–Crippen LogP) is -0.318. The van der Waals surface area contributed by atoms with Gasteiger partial charge in [-0.05, 0) is 0 Å². The molecule has 1 rings (SSSR count). The highest BCUT2D eigenvalue weighted by Gasteiger charge is 2.18. The number of carbonyl (C=O) groups excluding carboxylic acids is 1. The Kier molecular flexibility index (Phi) is 2.79. The Morgan fingerprint density at radius 1 is 1.75 bits per heavy atom. The second-order valence-corrected chi connectivity index (χ2v) is 1.65. The fourth-order valence-electron chi connectivity index (χ4n) is 0.532. The average molecular weight is 138 g/mol. The number of hydrogen-bond donors (Lipinski definition) is 1. The third-order valence-electron chi connectivity index (χ3n) is 0.887. The Hall–Kier alpha value is -0.280. The SMILES string of the molecule is Cl.NC1COC(=O)C1. The summed E-state index contributed by atoms with van der Waals surface area (Å²) >= 11 is 0. The summed E-state index contributed by atoms with van der Waals surface area (Å²) in [5.74, 6) is -0.174. The van der Waals surface area contributed by atoms with Crippen molar-refractivity contribution in [3.63, 3.8) is 0 Å². The smallest absolute Gasteiger partial charge is 0.307 e. The van der Waals surface area contributed by atoms with Crippen LogP contribution in [-0.2, 0) is 9.53 Å². The Bertz CT molecular complexity index is 96.0. The molecule has 48 valence electrons. The van der Waals surface area contributed by atoms with Gasteiger partial charge in [-0.15, -0.1) is 12.4 Å². The molecule has 1 unspecified atom stereocenters. The van der Waals surface area contributed by atoms with Gasteiger partial charge < -0.3 is 10.5 Å². The minimum Gasteiger partial charge on any atom is -0.464 e. The molecule has 1 heterocycles. The number of rotatable bonds is 0. The number of esters is 1. The summed E-state index contributed by atoms with van der Waals surface area (Å²) in [4.78, 5) is 10.2. The maximum absolute atomic E-state index is 10.2. The predicted molar refractivity (Wildman–Crippen MR) is 30.8 cm³/mol. The molecule has 0 aromatic carbocycles. The highest BCUT2D eigenvalue weighted by Crippen LogP contribution is 2.00. The standard InChI is InChI=1S/C4H7NO2.ClH/c5-3-1-4(6)7-2-3;/h3H,1-2,5H2;1H. The van der Waals surface area contributed by atoms with Crippen LogP contribution in [0.5, 0.6) is 0 Å². The maximum Gasteiger partial charge on any atom is 0.307 e. The minimum atomic E-state index is -0.174. The lowest BCUT2D eigenvalue weighted by Gasteiger charge is -1.88. The van der Waals surface area contributed by atoms with Crippen LogP contribution in [0.4, 0.5) is 0 Å². The zero-order valence-corrected chi connectivity index (χ0v) is 5.11. The van der Waals surface area contributed by atoms with Gasteiger partial charge in [0.05, 0.1) is 6.42 Å². The second kappa shape index (κ2) is 2.89. The van der Waals surface area contributed by atoms with Crippen molar-refractivity contribution in [2.75, 3.05) is 6.61 Å². The van der Waals surface area contributed by atoms with E-state index in [2.05, 4.69) is 4.74 Å². The number of carbonyl (C=O) groups is 1. The van der Waals surface area contributed by atoms with Crippen molar-refractivity contribution in [3.05, 3.63) is 0 Å². The van der Waals surface area contributed by atoms with Gasteiger partial charge in [0, 0.05) is 6.04 Å². The first-order valence-electron chi connectivity index (χ1n) is 2.20. The summed E-state index contributed by atoms with van der Waals surface area (Å²) in [6, 6.07) is -0.0486. The number of nitrogens with two attached hydrogens (primary N) is 1. The van der Waals surface area contributed by atoms with Gasteiger partial charge in [-0.1, -0.05) is 0 Å². The molecule has 3 nitrogen and oxygen atoms in total. The molecule has 4 heteroatoms. The van der Waals surface area contributed by atoms with Crippen molar-refractivity contribution in [1.29, 1.82) is 0 Å². The van der Waals surface area contributed by atoms with Gasteiger partial charge >= 0.3 is 5.97 Å². The number of cyclic esters (lactones) is 1. The number of halogens is 1. The average Bonchev–Trinajstić information content (AvgIpc) is 1.87. The van der Waals surface area contributed by atoms with Gasteiger partial charge in [-0.25, -0.2) is 0 Å². The number of ether oxygens (including phenoxy) is 1. The second-order valence-electron chi connectivity index (χ2n) is 1.65. The van der Waals surface area contributed by atoms with Crippen LogP contribution in [0.25, 0.3) is 0 Å². The molecule has 1 atom stereocenters. The highest BCUT2D eigenvalue weighted by molar-refractivity contribution is 5.85. The molecule has 1 fully saturated rings. The Morgan fingerprint density at radius 2 is 2.38 bits per heavy atom. The first-order valence-corrected chi connectivity index (χ1v) is 2.20. The van der Waals surface area contributed by atoms with Crippen molar-refractivity contribution in [3.8, 4) is 0 Å². The molecule has 0 aromatic heterocycles. The molecular formula is C4H8ClNO2. The Labute approximate surface area is 53.6 Å². The van der Waals surface area contributed by atoms with E-state index >= 15 is 0 Å². The van der Waals surface area contributed by atoms with Crippen molar-refractivity contribution >= 4 is 18.4 Å². The minimum absolute atomic E-state index is 0. The lowest BCUT2D eigenvalue weighted by molar-refractivity contribution is -0.137. The molecule has 1 aliphatic rings. The molecule has 0 bridgehead atoms. The summed E-state index contributed by atoms with van der Waals surface area (Å²) in [5, 5.41) is 0. The van der Waals surface area contributed by atoms with Crippen LogP contribution in [0, 0.1) is 0 Å². The van der Waals surface area contributed by atoms with Crippen molar-refractivity contribution in [2.45, 2.75) is 12.5 Å². The summed E-state index contributed by atoms with van der Waals surface area (Å²) in [6.45, 7) is 0.402. The highest BCUT2D eigenvalue weighted by atomic mass is 35.5. The summed E-state index contributed by atoms with van der Waals surface area (Å²) < 4.78 is 4.50. The van der Waals surface area contributed by atoms with E-state index in [9.17, 15) is 4.79 Å². The van der Waals surface area contributed by atoms with Crippen LogP contribution in [0.1, 0.15) is 6.42 Å². The Morgan fingerprint density at radius 3 is 2.50 bits per heavy atom. The molecule has 8 heavy (non-hydrogen) atoms. The summed E-state index contributed by atoms with van der Waals surface area (Å²) in [6.07, 6.45) is 0.389. The van der Waals surface area contributed by atoms with Gasteiger partial charge in [0.2, 0.25) is 0 Å². The van der Waals surface area contributed by atoms with Crippen LogP contribution < -0.4 is 5.73 Å². The Balaban J connectivity index is 0.000000490. The topological polar surface area (TPSA) is 52.3 Å². The van der Waals surface area contributed by atoms with Crippen molar-refractivity contribution < 1.29 is 9.53 Å². The molecular weight excluding hydrogens is 130 g/mol. The van der Waals surface area contributed by atoms with Crippen LogP contribution in [0.2, 0.25) is 0 Å². The largest absolute Gasteiger partial charge is 0.464 e. The van der Waals surface area contributed by atoms with Gasteiger partial charge in [0.15, 0.2) is 0 Å². The molecule has 1 aliphatic heterocycles. The van der Waals surface area contributed by atoms with Crippen LogP contribution in [-0.4, -0.2) is 18.6 Å². The van der Waals surface area contributed by atoms with E-state index in [1.54, 1.807) is 0 Å². The molecule has 0 radical (unpaired) electrons. The molecule has 0 spiro atoms. The zero-order valence-electron chi connectivity index (χ0n) is 4.29. The third-order valence-corrected chi connectivity index (χ3v) is 0.887.